The van der Waals surface area contributed by atoms with Crippen molar-refractivity contribution in [2.45, 2.75) is 43.9 Å². The first-order chi connectivity index (χ1) is 12.3. The number of aromatic nitrogens is 2. The molecule has 0 saturated carbocycles. The molecular weight excluding hydrogens is 376 g/mol. The Morgan fingerprint density at radius 1 is 1.46 bits per heavy atom. The van der Waals surface area contributed by atoms with Crippen LogP contribution < -0.4 is 5.32 Å². The molecule has 1 saturated heterocycles. The van der Waals surface area contributed by atoms with Crippen LogP contribution in [0.3, 0.4) is 0 Å². The zero-order valence-electron chi connectivity index (χ0n) is 14.9. The quantitative estimate of drug-likeness (QED) is 0.826. The van der Waals surface area contributed by atoms with Gasteiger partial charge < -0.3 is 9.84 Å². The Labute approximate surface area is 156 Å². The summed E-state index contributed by atoms with van der Waals surface area (Å²) in [5, 5.41) is 8.38. The Bertz CT molecular complexity index is 888. The SMILES string of the molecule is Cc1nc(-c2csc(S(=O)(=O)N3CCCC(C(=O)NC(C)C)C3)c2)no1. The molecule has 0 bridgehead atoms. The lowest BCUT2D eigenvalue weighted by atomic mass is 9.98. The van der Waals surface area contributed by atoms with Crippen molar-refractivity contribution >= 4 is 27.3 Å². The van der Waals surface area contributed by atoms with E-state index in [0.29, 0.717) is 36.7 Å². The Kier molecular flexibility index (Phi) is 5.44. The Morgan fingerprint density at radius 3 is 2.88 bits per heavy atom. The van der Waals surface area contributed by atoms with Crippen molar-refractivity contribution in [2.24, 2.45) is 5.92 Å². The molecule has 8 nitrogen and oxygen atoms in total. The fourth-order valence-electron chi connectivity index (χ4n) is 2.89. The average Bonchev–Trinajstić information content (AvgIpc) is 3.23. The van der Waals surface area contributed by atoms with Crippen molar-refractivity contribution in [1.82, 2.24) is 19.8 Å². The van der Waals surface area contributed by atoms with Crippen molar-refractivity contribution < 1.29 is 17.7 Å². The second kappa shape index (κ2) is 7.45. The van der Waals surface area contributed by atoms with E-state index in [9.17, 15) is 13.2 Å². The van der Waals surface area contributed by atoms with E-state index in [-0.39, 0.29) is 28.6 Å². The third-order valence-electron chi connectivity index (χ3n) is 4.14. The summed E-state index contributed by atoms with van der Waals surface area (Å²) in [4.78, 5) is 16.4. The molecule has 1 atom stereocenters. The number of amides is 1. The van der Waals surface area contributed by atoms with Gasteiger partial charge in [0, 0.05) is 37.0 Å². The molecule has 2 aromatic rings. The molecule has 142 valence electrons. The normalized spacial score (nSPS) is 19.0. The summed E-state index contributed by atoms with van der Waals surface area (Å²) in [6.45, 7) is 6.08. The van der Waals surface area contributed by atoms with E-state index < -0.39 is 10.0 Å². The van der Waals surface area contributed by atoms with Crippen LogP contribution in [0.4, 0.5) is 0 Å². The molecule has 0 radical (unpaired) electrons. The monoisotopic (exact) mass is 398 g/mol. The maximum Gasteiger partial charge on any atom is 0.252 e. The standard InChI is InChI=1S/C16H22N4O4S2/c1-10(2)17-16(21)12-5-4-6-20(8-12)26(22,23)14-7-13(9-25-14)15-18-11(3)24-19-15/h7,9-10,12H,4-6,8H2,1-3H3,(H,17,21). The van der Waals surface area contributed by atoms with E-state index in [1.807, 2.05) is 13.8 Å². The number of carbonyl (C=O) groups is 1. The average molecular weight is 399 g/mol. The highest BCUT2D eigenvalue weighted by Crippen LogP contribution is 2.31. The molecule has 0 spiro atoms. The lowest BCUT2D eigenvalue weighted by molar-refractivity contribution is -0.126. The second-order valence-corrected chi connectivity index (χ2v) is 9.73. The first-order valence-corrected chi connectivity index (χ1v) is 10.8. The van der Waals surface area contributed by atoms with Crippen LogP contribution in [-0.4, -0.2) is 47.9 Å². The summed E-state index contributed by atoms with van der Waals surface area (Å²) in [5.74, 6) is 0.382. The van der Waals surface area contributed by atoms with E-state index >= 15 is 0 Å². The van der Waals surface area contributed by atoms with E-state index in [4.69, 9.17) is 4.52 Å². The van der Waals surface area contributed by atoms with Gasteiger partial charge in [0.1, 0.15) is 4.21 Å². The fraction of sp³-hybridized carbons (Fsp3) is 0.562. The van der Waals surface area contributed by atoms with Gasteiger partial charge in [0.25, 0.3) is 10.0 Å². The highest BCUT2D eigenvalue weighted by Gasteiger charge is 2.34. The van der Waals surface area contributed by atoms with Crippen LogP contribution in [0.1, 0.15) is 32.6 Å². The molecule has 0 aliphatic carbocycles. The molecule has 1 N–H and O–H groups in total. The molecule has 2 aromatic heterocycles. The van der Waals surface area contributed by atoms with Crippen LogP contribution >= 0.6 is 11.3 Å². The van der Waals surface area contributed by atoms with Gasteiger partial charge in [-0.05, 0) is 32.8 Å². The topological polar surface area (TPSA) is 105 Å². The Morgan fingerprint density at radius 2 is 2.23 bits per heavy atom. The molecule has 1 amide bonds. The third-order valence-corrected chi connectivity index (χ3v) is 7.42. The number of sulfonamides is 1. The van der Waals surface area contributed by atoms with Gasteiger partial charge in [-0.25, -0.2) is 8.42 Å². The number of hydrogen-bond donors (Lipinski definition) is 1. The minimum Gasteiger partial charge on any atom is -0.354 e. The van der Waals surface area contributed by atoms with Crippen LogP contribution in [-0.2, 0) is 14.8 Å². The van der Waals surface area contributed by atoms with E-state index in [0.717, 1.165) is 11.3 Å². The highest BCUT2D eigenvalue weighted by atomic mass is 32.2. The number of piperidine rings is 1. The predicted octanol–water partition coefficient (Wildman–Crippen LogP) is 2.03. The number of carbonyl (C=O) groups excluding carboxylic acids is 1. The van der Waals surface area contributed by atoms with Crippen molar-refractivity contribution in [1.29, 1.82) is 0 Å². The smallest absolute Gasteiger partial charge is 0.252 e. The van der Waals surface area contributed by atoms with Crippen LogP contribution in [0.5, 0.6) is 0 Å². The van der Waals surface area contributed by atoms with Crippen molar-refractivity contribution in [3.05, 3.63) is 17.3 Å². The summed E-state index contributed by atoms with van der Waals surface area (Å²) in [6.07, 6.45) is 1.36. The lowest BCUT2D eigenvalue weighted by Crippen LogP contribution is -2.46. The maximum atomic E-state index is 13.0. The number of rotatable bonds is 5. The number of nitrogens with zero attached hydrogens (tertiary/aromatic N) is 3. The molecule has 1 aliphatic rings. The number of thiophene rings is 1. The van der Waals surface area contributed by atoms with Crippen LogP contribution in [0.15, 0.2) is 20.2 Å². The van der Waals surface area contributed by atoms with Crippen LogP contribution in [0, 0.1) is 12.8 Å². The third kappa shape index (κ3) is 3.97. The summed E-state index contributed by atoms with van der Waals surface area (Å²) >= 11 is 1.12. The summed E-state index contributed by atoms with van der Waals surface area (Å²) in [6, 6.07) is 1.59. The molecule has 3 rings (SSSR count). The molecule has 1 unspecified atom stereocenters. The molecule has 10 heteroatoms. The number of nitrogens with one attached hydrogen (secondary N) is 1. The predicted molar refractivity (Wildman–Crippen MR) is 97.1 cm³/mol. The zero-order chi connectivity index (χ0) is 18.9. The van der Waals surface area contributed by atoms with E-state index in [2.05, 4.69) is 15.5 Å². The first kappa shape index (κ1) is 19.0. The van der Waals surface area contributed by atoms with Crippen molar-refractivity contribution in [3.63, 3.8) is 0 Å². The minimum atomic E-state index is -3.65. The maximum absolute atomic E-state index is 13.0. The van der Waals surface area contributed by atoms with Gasteiger partial charge in [-0.15, -0.1) is 11.3 Å². The number of aryl methyl sites for hydroxylation is 1. The number of hydrogen-bond acceptors (Lipinski definition) is 7. The van der Waals surface area contributed by atoms with Crippen molar-refractivity contribution in [2.75, 3.05) is 13.1 Å². The van der Waals surface area contributed by atoms with Gasteiger partial charge in [0.05, 0.1) is 5.92 Å². The Balaban J connectivity index is 1.77. The lowest BCUT2D eigenvalue weighted by Gasteiger charge is -2.31. The molecule has 26 heavy (non-hydrogen) atoms. The molecule has 0 aromatic carbocycles. The van der Waals surface area contributed by atoms with Gasteiger partial charge in [-0.2, -0.15) is 9.29 Å². The van der Waals surface area contributed by atoms with Crippen molar-refractivity contribution in [3.8, 4) is 11.4 Å². The van der Waals surface area contributed by atoms with Gasteiger partial charge in [-0.1, -0.05) is 5.16 Å². The molecule has 3 heterocycles. The van der Waals surface area contributed by atoms with Gasteiger partial charge >= 0.3 is 0 Å². The second-order valence-electron chi connectivity index (χ2n) is 6.66. The van der Waals surface area contributed by atoms with Crippen LogP contribution in [0.25, 0.3) is 11.4 Å². The Hall–Kier alpha value is -1.78. The first-order valence-electron chi connectivity index (χ1n) is 8.47. The van der Waals surface area contributed by atoms with Gasteiger partial charge in [0.2, 0.25) is 17.6 Å². The summed E-state index contributed by atoms with van der Waals surface area (Å²) < 4.78 is 32.5. The highest BCUT2D eigenvalue weighted by molar-refractivity contribution is 7.91. The summed E-state index contributed by atoms with van der Waals surface area (Å²) in [5.41, 5.74) is 0.608. The van der Waals surface area contributed by atoms with Gasteiger partial charge in [-0.3, -0.25) is 4.79 Å². The molecule has 1 fully saturated rings. The van der Waals surface area contributed by atoms with Gasteiger partial charge in [0.15, 0.2) is 0 Å². The molecular formula is C16H22N4O4S2. The fourth-order valence-corrected chi connectivity index (χ4v) is 5.72. The van der Waals surface area contributed by atoms with Crippen LogP contribution in [0.2, 0.25) is 0 Å². The zero-order valence-corrected chi connectivity index (χ0v) is 16.6. The molecule has 1 aliphatic heterocycles. The summed E-state index contributed by atoms with van der Waals surface area (Å²) in [7, 11) is -3.65. The largest absolute Gasteiger partial charge is 0.354 e. The minimum absolute atomic E-state index is 0.0350. The van der Waals surface area contributed by atoms with E-state index in [1.54, 1.807) is 18.4 Å². The van der Waals surface area contributed by atoms with E-state index in [1.165, 1.54) is 4.31 Å².